The lowest BCUT2D eigenvalue weighted by Crippen LogP contribution is -2.26. The van der Waals surface area contributed by atoms with Crippen LogP contribution in [0.4, 0.5) is 0 Å². The van der Waals surface area contributed by atoms with E-state index in [-0.39, 0.29) is 16.4 Å². The topological polar surface area (TPSA) is 85.1 Å². The Morgan fingerprint density at radius 3 is 2.71 bits per heavy atom. The minimum absolute atomic E-state index is 0.0496. The van der Waals surface area contributed by atoms with Crippen LogP contribution in [0.3, 0.4) is 0 Å². The van der Waals surface area contributed by atoms with E-state index in [4.69, 9.17) is 18.0 Å². The fourth-order valence-corrected chi connectivity index (χ4v) is 3.31. The second-order valence-corrected chi connectivity index (χ2v) is 6.66. The highest BCUT2D eigenvalue weighted by molar-refractivity contribution is 7.89. The zero-order valence-electron chi connectivity index (χ0n) is 11.4. The summed E-state index contributed by atoms with van der Waals surface area (Å²) in [5, 5.41) is 0. The second kappa shape index (κ2) is 6.30. The van der Waals surface area contributed by atoms with Crippen molar-refractivity contribution in [3.05, 3.63) is 59.4 Å². The van der Waals surface area contributed by atoms with Crippen LogP contribution in [0.1, 0.15) is 16.7 Å². The average Bonchev–Trinajstić information content (AvgIpc) is 2.46. The van der Waals surface area contributed by atoms with E-state index < -0.39 is 10.0 Å². The van der Waals surface area contributed by atoms with Crippen molar-refractivity contribution in [2.75, 3.05) is 0 Å². The molecule has 0 saturated heterocycles. The number of hydrogen-bond donors (Lipinski definition) is 2. The highest BCUT2D eigenvalue weighted by Gasteiger charge is 2.19. The molecule has 0 atom stereocenters. The standard InChI is InChI=1S/C14H15N3O2S2/c1-10-6-7-16-8-11(10)9-17-21(18,19)13-5-3-2-4-12(13)14(15)20/h2-8,17H,9H2,1H3,(H2,15,20). The lowest BCUT2D eigenvalue weighted by Gasteiger charge is -2.11. The molecule has 0 unspecified atom stereocenters. The fourth-order valence-electron chi connectivity index (χ4n) is 1.84. The van der Waals surface area contributed by atoms with Crippen molar-refractivity contribution in [3.63, 3.8) is 0 Å². The predicted molar refractivity (Wildman–Crippen MR) is 85.3 cm³/mol. The average molecular weight is 321 g/mol. The molecule has 1 aromatic carbocycles. The quantitative estimate of drug-likeness (QED) is 0.815. The lowest BCUT2D eigenvalue weighted by molar-refractivity contribution is 0.581. The van der Waals surface area contributed by atoms with Gasteiger partial charge in [-0.3, -0.25) is 4.98 Å². The maximum absolute atomic E-state index is 12.4. The molecule has 0 aliphatic heterocycles. The van der Waals surface area contributed by atoms with Gasteiger partial charge in [-0.05, 0) is 30.2 Å². The van der Waals surface area contributed by atoms with Crippen molar-refractivity contribution in [1.82, 2.24) is 9.71 Å². The first-order valence-corrected chi connectivity index (χ1v) is 8.09. The van der Waals surface area contributed by atoms with E-state index in [0.717, 1.165) is 11.1 Å². The molecular weight excluding hydrogens is 306 g/mol. The highest BCUT2D eigenvalue weighted by Crippen LogP contribution is 2.16. The first kappa shape index (κ1) is 15.6. The molecule has 0 aliphatic rings. The number of benzene rings is 1. The van der Waals surface area contributed by atoms with E-state index in [2.05, 4.69) is 9.71 Å². The van der Waals surface area contributed by atoms with E-state index in [0.29, 0.717) is 5.56 Å². The van der Waals surface area contributed by atoms with Gasteiger partial charge in [0.15, 0.2) is 0 Å². The third kappa shape index (κ3) is 3.63. The van der Waals surface area contributed by atoms with Crippen LogP contribution in [0.15, 0.2) is 47.6 Å². The van der Waals surface area contributed by atoms with Gasteiger partial charge in [0.1, 0.15) is 4.99 Å². The molecule has 2 rings (SSSR count). The van der Waals surface area contributed by atoms with Gasteiger partial charge in [0.25, 0.3) is 0 Å². The van der Waals surface area contributed by atoms with Gasteiger partial charge in [0.05, 0.1) is 4.90 Å². The summed E-state index contributed by atoms with van der Waals surface area (Å²) in [6.45, 7) is 2.06. The van der Waals surface area contributed by atoms with Crippen molar-refractivity contribution in [3.8, 4) is 0 Å². The summed E-state index contributed by atoms with van der Waals surface area (Å²) in [5.74, 6) is 0. The third-order valence-electron chi connectivity index (χ3n) is 3.04. The Hall–Kier alpha value is -1.83. The number of thiocarbonyl (C=S) groups is 1. The fraction of sp³-hybridized carbons (Fsp3) is 0.143. The maximum atomic E-state index is 12.4. The summed E-state index contributed by atoms with van der Waals surface area (Å²) in [5.41, 5.74) is 7.69. The van der Waals surface area contributed by atoms with Crippen LogP contribution in [-0.2, 0) is 16.6 Å². The number of pyridine rings is 1. The van der Waals surface area contributed by atoms with E-state index in [1.54, 1.807) is 30.6 Å². The Morgan fingerprint density at radius 2 is 2.05 bits per heavy atom. The summed E-state index contributed by atoms with van der Waals surface area (Å²) in [6.07, 6.45) is 3.30. The van der Waals surface area contributed by atoms with Crippen LogP contribution < -0.4 is 10.5 Å². The number of hydrogen-bond acceptors (Lipinski definition) is 4. The van der Waals surface area contributed by atoms with E-state index in [1.165, 1.54) is 6.07 Å². The smallest absolute Gasteiger partial charge is 0.241 e. The number of aryl methyl sites for hydroxylation is 1. The summed E-state index contributed by atoms with van der Waals surface area (Å²) < 4.78 is 27.3. The van der Waals surface area contributed by atoms with Gasteiger partial charge >= 0.3 is 0 Å². The van der Waals surface area contributed by atoms with Crippen molar-refractivity contribution < 1.29 is 8.42 Å². The monoisotopic (exact) mass is 321 g/mol. The molecule has 2 aromatic rings. The number of nitrogens with zero attached hydrogens (tertiary/aromatic N) is 1. The Bertz CT molecular complexity index is 773. The first-order chi connectivity index (χ1) is 9.92. The zero-order chi connectivity index (χ0) is 15.5. The second-order valence-electron chi connectivity index (χ2n) is 4.49. The Morgan fingerprint density at radius 1 is 1.33 bits per heavy atom. The van der Waals surface area contributed by atoms with Crippen molar-refractivity contribution in [2.24, 2.45) is 5.73 Å². The number of nitrogens with one attached hydrogen (secondary N) is 1. The third-order valence-corrected chi connectivity index (χ3v) is 4.72. The van der Waals surface area contributed by atoms with Gasteiger partial charge in [0.2, 0.25) is 10.0 Å². The molecule has 110 valence electrons. The van der Waals surface area contributed by atoms with Gasteiger partial charge in [-0.2, -0.15) is 0 Å². The van der Waals surface area contributed by atoms with Gasteiger partial charge in [-0.15, -0.1) is 0 Å². The minimum atomic E-state index is -3.70. The minimum Gasteiger partial charge on any atom is -0.389 e. The largest absolute Gasteiger partial charge is 0.389 e. The molecule has 1 aromatic heterocycles. The summed E-state index contributed by atoms with van der Waals surface area (Å²) in [7, 11) is -3.70. The molecule has 7 heteroatoms. The number of sulfonamides is 1. The Balaban J connectivity index is 2.28. The van der Waals surface area contributed by atoms with Gasteiger partial charge < -0.3 is 5.73 Å². The molecule has 21 heavy (non-hydrogen) atoms. The van der Waals surface area contributed by atoms with Crippen LogP contribution in [0.25, 0.3) is 0 Å². The molecule has 0 fully saturated rings. The van der Waals surface area contributed by atoms with Crippen LogP contribution >= 0.6 is 12.2 Å². The Kier molecular flexibility index (Phi) is 4.66. The summed E-state index contributed by atoms with van der Waals surface area (Å²) in [6, 6.07) is 8.22. The Labute approximate surface area is 129 Å². The predicted octanol–water partition coefficient (Wildman–Crippen LogP) is 1.50. The molecule has 0 saturated carbocycles. The van der Waals surface area contributed by atoms with Crippen molar-refractivity contribution >= 4 is 27.2 Å². The van der Waals surface area contributed by atoms with Crippen molar-refractivity contribution in [2.45, 2.75) is 18.4 Å². The van der Waals surface area contributed by atoms with E-state index in [9.17, 15) is 8.42 Å². The van der Waals surface area contributed by atoms with Gasteiger partial charge in [-0.1, -0.05) is 30.4 Å². The molecule has 5 nitrogen and oxygen atoms in total. The molecule has 0 aliphatic carbocycles. The SMILES string of the molecule is Cc1ccncc1CNS(=O)(=O)c1ccccc1C(N)=S. The lowest BCUT2D eigenvalue weighted by atomic mass is 10.2. The molecule has 0 spiro atoms. The molecule has 0 bridgehead atoms. The normalized spacial score (nSPS) is 11.3. The van der Waals surface area contributed by atoms with E-state index >= 15 is 0 Å². The van der Waals surface area contributed by atoms with Crippen molar-refractivity contribution in [1.29, 1.82) is 0 Å². The summed E-state index contributed by atoms with van der Waals surface area (Å²) >= 11 is 4.89. The highest BCUT2D eigenvalue weighted by atomic mass is 32.2. The molecule has 3 N–H and O–H groups in total. The maximum Gasteiger partial charge on any atom is 0.241 e. The first-order valence-electron chi connectivity index (χ1n) is 6.20. The molecular formula is C14H15N3O2S2. The number of rotatable bonds is 5. The van der Waals surface area contributed by atoms with Crippen LogP contribution in [-0.4, -0.2) is 18.4 Å². The molecule has 0 amide bonds. The number of nitrogens with two attached hydrogens (primary N) is 1. The molecule has 0 radical (unpaired) electrons. The zero-order valence-corrected chi connectivity index (χ0v) is 13.0. The number of aromatic nitrogens is 1. The van der Waals surface area contributed by atoms with Gasteiger partial charge in [-0.25, -0.2) is 13.1 Å². The molecule has 1 heterocycles. The van der Waals surface area contributed by atoms with Crippen LogP contribution in [0, 0.1) is 6.92 Å². The van der Waals surface area contributed by atoms with Crippen LogP contribution in [0.5, 0.6) is 0 Å². The van der Waals surface area contributed by atoms with E-state index in [1.807, 2.05) is 13.0 Å². The van der Waals surface area contributed by atoms with Gasteiger partial charge in [0, 0.05) is 24.5 Å². The van der Waals surface area contributed by atoms with Crippen LogP contribution in [0.2, 0.25) is 0 Å². The summed E-state index contributed by atoms with van der Waals surface area (Å²) in [4.78, 5) is 4.12.